The van der Waals surface area contributed by atoms with E-state index < -0.39 is 5.60 Å². The van der Waals surface area contributed by atoms with Crippen LogP contribution in [0.5, 0.6) is 5.75 Å². The molecule has 0 aliphatic heterocycles. The van der Waals surface area contributed by atoms with Gasteiger partial charge in [0.15, 0.2) is 5.78 Å². The number of rotatable bonds is 2. The standard InChI is InChI=1S/C21H16O3/c1-24-15-12-10-14(11-13-15)21(23)18-8-4-2-6-16(18)20(22)17-7-3-5-9-19(17)21/h2-13,23H,1H3. The molecule has 1 aliphatic carbocycles. The predicted molar refractivity (Wildman–Crippen MR) is 91.4 cm³/mol. The quantitative estimate of drug-likeness (QED) is 0.787. The van der Waals surface area contributed by atoms with Gasteiger partial charge in [0, 0.05) is 22.3 Å². The van der Waals surface area contributed by atoms with Crippen molar-refractivity contribution in [3.63, 3.8) is 0 Å². The Hall–Kier alpha value is -2.91. The zero-order valence-corrected chi connectivity index (χ0v) is 13.2. The van der Waals surface area contributed by atoms with Gasteiger partial charge < -0.3 is 9.84 Å². The molecule has 118 valence electrons. The molecule has 3 nitrogen and oxygen atoms in total. The minimum Gasteiger partial charge on any atom is -0.497 e. The van der Waals surface area contributed by atoms with Gasteiger partial charge in [0.2, 0.25) is 0 Å². The average Bonchev–Trinajstić information content (AvgIpc) is 2.66. The predicted octanol–water partition coefficient (Wildman–Crippen LogP) is 3.52. The Bertz CT molecular complexity index is 876. The zero-order chi connectivity index (χ0) is 16.7. The van der Waals surface area contributed by atoms with E-state index in [1.54, 1.807) is 19.2 Å². The molecule has 4 rings (SSSR count). The lowest BCUT2D eigenvalue weighted by atomic mass is 9.71. The van der Waals surface area contributed by atoms with Gasteiger partial charge in [-0.1, -0.05) is 60.7 Å². The fourth-order valence-electron chi connectivity index (χ4n) is 3.43. The van der Waals surface area contributed by atoms with Crippen molar-refractivity contribution in [3.8, 4) is 5.75 Å². The Balaban J connectivity index is 2.03. The molecule has 0 spiro atoms. The van der Waals surface area contributed by atoms with Crippen molar-refractivity contribution in [2.45, 2.75) is 5.60 Å². The van der Waals surface area contributed by atoms with Gasteiger partial charge >= 0.3 is 0 Å². The SMILES string of the molecule is COc1ccc(C2(O)c3ccccc3C(=O)c3ccccc32)cc1. The van der Waals surface area contributed by atoms with Gasteiger partial charge in [-0.15, -0.1) is 0 Å². The number of fused-ring (bicyclic) bond motifs is 2. The smallest absolute Gasteiger partial charge is 0.193 e. The molecule has 0 aromatic heterocycles. The normalized spacial score (nSPS) is 14.7. The van der Waals surface area contributed by atoms with Crippen molar-refractivity contribution >= 4 is 5.78 Å². The number of methoxy groups -OCH3 is 1. The topological polar surface area (TPSA) is 46.5 Å². The Morgan fingerprint density at radius 2 is 1.29 bits per heavy atom. The minimum atomic E-state index is -1.37. The summed E-state index contributed by atoms with van der Waals surface area (Å²) in [5.41, 5.74) is 1.63. The van der Waals surface area contributed by atoms with Gasteiger partial charge in [0.25, 0.3) is 0 Å². The zero-order valence-electron chi connectivity index (χ0n) is 13.2. The summed E-state index contributed by atoms with van der Waals surface area (Å²) in [6.45, 7) is 0. The number of hydrogen-bond acceptors (Lipinski definition) is 3. The van der Waals surface area contributed by atoms with Crippen LogP contribution in [0.2, 0.25) is 0 Å². The first-order valence-electron chi connectivity index (χ1n) is 7.77. The van der Waals surface area contributed by atoms with Crippen molar-refractivity contribution < 1.29 is 14.6 Å². The maximum absolute atomic E-state index is 12.8. The number of hydrogen-bond donors (Lipinski definition) is 1. The van der Waals surface area contributed by atoms with Crippen molar-refractivity contribution in [1.82, 2.24) is 0 Å². The van der Waals surface area contributed by atoms with E-state index in [4.69, 9.17) is 4.74 Å². The third kappa shape index (κ3) is 1.92. The first-order chi connectivity index (χ1) is 11.7. The van der Waals surface area contributed by atoms with Crippen LogP contribution in [-0.2, 0) is 5.60 Å². The Labute approximate surface area is 140 Å². The van der Waals surface area contributed by atoms with E-state index in [2.05, 4.69) is 0 Å². The summed E-state index contributed by atoms with van der Waals surface area (Å²) >= 11 is 0. The van der Waals surface area contributed by atoms with Crippen molar-refractivity contribution in [2.75, 3.05) is 7.11 Å². The summed E-state index contributed by atoms with van der Waals surface area (Å²) in [4.78, 5) is 12.8. The van der Waals surface area contributed by atoms with E-state index in [1.165, 1.54) is 0 Å². The number of ketones is 1. The number of carbonyl (C=O) groups is 1. The number of carbonyl (C=O) groups excluding carboxylic acids is 1. The minimum absolute atomic E-state index is 0.0561. The lowest BCUT2D eigenvalue weighted by molar-refractivity contribution is 0.0949. The van der Waals surface area contributed by atoms with Gasteiger partial charge in [0.1, 0.15) is 11.4 Å². The number of ether oxygens (including phenoxy) is 1. The van der Waals surface area contributed by atoms with E-state index in [-0.39, 0.29) is 5.78 Å². The first-order valence-corrected chi connectivity index (χ1v) is 7.77. The van der Waals surface area contributed by atoms with Gasteiger partial charge in [0.05, 0.1) is 7.11 Å². The molecule has 1 aliphatic rings. The lowest BCUT2D eigenvalue weighted by Crippen LogP contribution is -2.36. The van der Waals surface area contributed by atoms with Crippen molar-refractivity contribution in [2.24, 2.45) is 0 Å². The van der Waals surface area contributed by atoms with Gasteiger partial charge in [-0.3, -0.25) is 4.79 Å². The molecular formula is C21H16O3. The average molecular weight is 316 g/mol. The molecule has 0 amide bonds. The summed E-state index contributed by atoms with van der Waals surface area (Å²) in [5, 5.41) is 11.7. The van der Waals surface area contributed by atoms with Gasteiger partial charge in [-0.25, -0.2) is 0 Å². The molecule has 0 radical (unpaired) electrons. The number of benzene rings is 3. The highest BCUT2D eigenvalue weighted by atomic mass is 16.5. The van der Waals surface area contributed by atoms with Crippen molar-refractivity contribution in [3.05, 3.63) is 101 Å². The summed E-state index contributed by atoms with van der Waals surface area (Å²) in [6.07, 6.45) is 0. The molecule has 0 unspecified atom stereocenters. The highest BCUT2D eigenvalue weighted by molar-refractivity contribution is 6.13. The lowest BCUT2D eigenvalue weighted by Gasteiger charge is -2.36. The van der Waals surface area contributed by atoms with E-state index >= 15 is 0 Å². The molecule has 0 bridgehead atoms. The molecule has 24 heavy (non-hydrogen) atoms. The monoisotopic (exact) mass is 316 g/mol. The van der Waals surface area contributed by atoms with Crippen LogP contribution in [0, 0.1) is 0 Å². The third-order valence-corrected chi connectivity index (χ3v) is 4.63. The Morgan fingerprint density at radius 3 is 1.79 bits per heavy atom. The van der Waals surface area contributed by atoms with Gasteiger partial charge in [-0.05, 0) is 17.7 Å². The number of aliphatic hydroxyl groups is 1. The highest BCUT2D eigenvalue weighted by Crippen LogP contribution is 2.44. The third-order valence-electron chi connectivity index (χ3n) is 4.63. The summed E-state index contributed by atoms with van der Waals surface area (Å²) in [5.74, 6) is 0.662. The summed E-state index contributed by atoms with van der Waals surface area (Å²) < 4.78 is 5.21. The molecule has 3 aromatic rings. The van der Waals surface area contributed by atoms with E-state index in [1.807, 2.05) is 60.7 Å². The van der Waals surface area contributed by atoms with Gasteiger partial charge in [-0.2, -0.15) is 0 Å². The molecule has 0 heterocycles. The Kier molecular flexibility index (Phi) is 3.25. The second-order valence-corrected chi connectivity index (χ2v) is 5.86. The summed E-state index contributed by atoms with van der Waals surface area (Å²) in [6, 6.07) is 21.8. The van der Waals surface area contributed by atoms with E-state index in [0.29, 0.717) is 27.8 Å². The Morgan fingerprint density at radius 1 is 0.792 bits per heavy atom. The molecule has 1 N–H and O–H groups in total. The second kappa shape index (κ2) is 5.32. The van der Waals surface area contributed by atoms with Crippen LogP contribution in [-0.4, -0.2) is 18.0 Å². The maximum atomic E-state index is 12.8. The molecule has 0 saturated heterocycles. The van der Waals surface area contributed by atoms with E-state index in [0.717, 1.165) is 5.75 Å². The maximum Gasteiger partial charge on any atom is 0.193 e. The van der Waals surface area contributed by atoms with Crippen LogP contribution < -0.4 is 4.74 Å². The second-order valence-electron chi connectivity index (χ2n) is 5.86. The molecular weight excluding hydrogens is 300 g/mol. The fraction of sp³-hybridized carbons (Fsp3) is 0.0952. The molecule has 3 aromatic carbocycles. The molecule has 0 fully saturated rings. The molecule has 3 heteroatoms. The molecule has 0 atom stereocenters. The molecule has 0 saturated carbocycles. The van der Waals surface area contributed by atoms with Crippen molar-refractivity contribution in [1.29, 1.82) is 0 Å². The highest BCUT2D eigenvalue weighted by Gasteiger charge is 2.43. The first kappa shape index (κ1) is 14.7. The van der Waals surface area contributed by atoms with Crippen LogP contribution in [0.25, 0.3) is 0 Å². The van der Waals surface area contributed by atoms with E-state index in [9.17, 15) is 9.90 Å². The summed E-state index contributed by atoms with van der Waals surface area (Å²) in [7, 11) is 1.60. The van der Waals surface area contributed by atoms with Crippen LogP contribution in [0.3, 0.4) is 0 Å². The van der Waals surface area contributed by atoms with Crippen LogP contribution in [0.4, 0.5) is 0 Å². The van der Waals surface area contributed by atoms with Crippen LogP contribution >= 0.6 is 0 Å². The van der Waals surface area contributed by atoms with Crippen LogP contribution in [0.15, 0.2) is 72.8 Å². The van der Waals surface area contributed by atoms with Crippen LogP contribution in [0.1, 0.15) is 32.6 Å². The largest absolute Gasteiger partial charge is 0.497 e. The fourth-order valence-corrected chi connectivity index (χ4v) is 3.43.